The zero-order valence-corrected chi connectivity index (χ0v) is 12.5. The number of benzene rings is 1. The average molecular weight is 264 g/mol. The van der Waals surface area contributed by atoms with Crippen LogP contribution in [0.4, 0.5) is 0 Å². The van der Waals surface area contributed by atoms with Crippen LogP contribution in [0.25, 0.3) is 0 Å². The summed E-state index contributed by atoms with van der Waals surface area (Å²) in [4.78, 5) is 11.4. The molecule has 0 radical (unpaired) electrons. The molecule has 1 rings (SSSR count). The molecule has 0 saturated carbocycles. The molecule has 0 aliphatic heterocycles. The van der Waals surface area contributed by atoms with Crippen LogP contribution in [0.15, 0.2) is 6.07 Å². The SMILES string of the molecule is CNNC(=O)CCCc1c(C)cc(C)c(C)c1OC. The summed E-state index contributed by atoms with van der Waals surface area (Å²) >= 11 is 0. The summed E-state index contributed by atoms with van der Waals surface area (Å²) in [5.41, 5.74) is 10.1. The van der Waals surface area contributed by atoms with Crippen molar-refractivity contribution in [3.05, 3.63) is 28.3 Å². The van der Waals surface area contributed by atoms with Crippen molar-refractivity contribution in [2.24, 2.45) is 0 Å². The van der Waals surface area contributed by atoms with E-state index in [4.69, 9.17) is 4.74 Å². The Hall–Kier alpha value is -1.55. The van der Waals surface area contributed by atoms with Gasteiger partial charge < -0.3 is 4.74 Å². The summed E-state index contributed by atoms with van der Waals surface area (Å²) in [5.74, 6) is 0.981. The van der Waals surface area contributed by atoms with E-state index < -0.39 is 0 Å². The standard InChI is InChI=1S/C15H24N2O2/c1-10-9-11(2)13(15(19-5)12(10)3)7-6-8-14(18)17-16-4/h9,16H,6-8H2,1-5H3,(H,17,18). The van der Waals surface area contributed by atoms with E-state index in [2.05, 4.69) is 37.7 Å². The summed E-state index contributed by atoms with van der Waals surface area (Å²) < 4.78 is 5.53. The van der Waals surface area contributed by atoms with Crippen LogP contribution in [0.2, 0.25) is 0 Å². The number of carbonyl (C=O) groups excluding carboxylic acids is 1. The lowest BCUT2D eigenvalue weighted by Gasteiger charge is -2.16. The van der Waals surface area contributed by atoms with E-state index in [1.807, 2.05) is 0 Å². The van der Waals surface area contributed by atoms with Crippen LogP contribution in [0.5, 0.6) is 5.75 Å². The van der Waals surface area contributed by atoms with Crippen LogP contribution >= 0.6 is 0 Å². The van der Waals surface area contributed by atoms with E-state index in [1.165, 1.54) is 22.3 Å². The highest BCUT2D eigenvalue weighted by Crippen LogP contribution is 2.30. The van der Waals surface area contributed by atoms with Crippen molar-refractivity contribution in [3.63, 3.8) is 0 Å². The molecule has 4 heteroatoms. The van der Waals surface area contributed by atoms with Gasteiger partial charge in [0, 0.05) is 13.5 Å². The maximum absolute atomic E-state index is 11.4. The van der Waals surface area contributed by atoms with Gasteiger partial charge in [0.1, 0.15) is 5.75 Å². The predicted molar refractivity (Wildman–Crippen MR) is 77.3 cm³/mol. The zero-order chi connectivity index (χ0) is 14.4. The molecule has 0 atom stereocenters. The highest BCUT2D eigenvalue weighted by Gasteiger charge is 2.12. The minimum Gasteiger partial charge on any atom is -0.496 e. The van der Waals surface area contributed by atoms with Crippen molar-refractivity contribution in [3.8, 4) is 5.75 Å². The molecular formula is C15H24N2O2. The molecule has 1 aromatic rings. The number of hydrogen-bond acceptors (Lipinski definition) is 3. The lowest BCUT2D eigenvalue weighted by molar-refractivity contribution is -0.122. The fourth-order valence-electron chi connectivity index (χ4n) is 2.32. The Morgan fingerprint density at radius 2 is 1.95 bits per heavy atom. The van der Waals surface area contributed by atoms with Crippen molar-refractivity contribution in [2.75, 3.05) is 14.2 Å². The highest BCUT2D eigenvalue weighted by molar-refractivity contribution is 5.75. The molecule has 0 heterocycles. The Bertz CT molecular complexity index is 456. The summed E-state index contributed by atoms with van der Waals surface area (Å²) in [7, 11) is 3.40. The summed E-state index contributed by atoms with van der Waals surface area (Å²) in [6.07, 6.45) is 2.18. The molecule has 0 saturated heterocycles. The maximum Gasteiger partial charge on any atom is 0.234 e. The van der Waals surface area contributed by atoms with Crippen LogP contribution in [0.3, 0.4) is 0 Å². The van der Waals surface area contributed by atoms with E-state index in [9.17, 15) is 4.79 Å². The monoisotopic (exact) mass is 264 g/mol. The molecule has 1 aromatic carbocycles. The van der Waals surface area contributed by atoms with Crippen molar-refractivity contribution in [1.29, 1.82) is 0 Å². The van der Waals surface area contributed by atoms with Crippen LogP contribution in [-0.4, -0.2) is 20.1 Å². The molecule has 19 heavy (non-hydrogen) atoms. The minimum absolute atomic E-state index is 0.0166. The Balaban J connectivity index is 2.78. The molecule has 1 amide bonds. The first kappa shape index (κ1) is 15.5. The molecule has 0 aromatic heterocycles. The topological polar surface area (TPSA) is 50.4 Å². The molecule has 2 N–H and O–H groups in total. The van der Waals surface area contributed by atoms with E-state index in [0.29, 0.717) is 6.42 Å². The van der Waals surface area contributed by atoms with Gasteiger partial charge in [-0.2, -0.15) is 0 Å². The zero-order valence-electron chi connectivity index (χ0n) is 12.5. The second-order valence-corrected chi connectivity index (χ2v) is 4.80. The second-order valence-electron chi connectivity index (χ2n) is 4.80. The first-order valence-electron chi connectivity index (χ1n) is 6.60. The average Bonchev–Trinajstić information content (AvgIpc) is 2.36. The van der Waals surface area contributed by atoms with Gasteiger partial charge in [-0.15, -0.1) is 0 Å². The van der Waals surface area contributed by atoms with Gasteiger partial charge in [0.15, 0.2) is 0 Å². The third kappa shape index (κ3) is 3.96. The number of hydrogen-bond donors (Lipinski definition) is 2. The van der Waals surface area contributed by atoms with Gasteiger partial charge in [-0.25, -0.2) is 5.43 Å². The molecule has 0 spiro atoms. The predicted octanol–water partition coefficient (Wildman–Crippen LogP) is 2.19. The van der Waals surface area contributed by atoms with Crippen LogP contribution in [0, 0.1) is 20.8 Å². The number of nitrogens with one attached hydrogen (secondary N) is 2. The largest absolute Gasteiger partial charge is 0.496 e. The van der Waals surface area contributed by atoms with Gasteiger partial charge in [-0.1, -0.05) is 6.07 Å². The van der Waals surface area contributed by atoms with Gasteiger partial charge in [-0.3, -0.25) is 10.2 Å². The molecule has 0 fully saturated rings. The van der Waals surface area contributed by atoms with Gasteiger partial charge in [0.25, 0.3) is 0 Å². The normalized spacial score (nSPS) is 10.4. The van der Waals surface area contributed by atoms with Crippen molar-refractivity contribution in [2.45, 2.75) is 40.0 Å². The fraction of sp³-hybridized carbons (Fsp3) is 0.533. The van der Waals surface area contributed by atoms with Crippen molar-refractivity contribution in [1.82, 2.24) is 10.9 Å². The molecule has 0 unspecified atom stereocenters. The molecule has 0 aliphatic carbocycles. The Kier molecular flexibility index (Phi) is 5.83. The van der Waals surface area contributed by atoms with Gasteiger partial charge >= 0.3 is 0 Å². The van der Waals surface area contributed by atoms with E-state index >= 15 is 0 Å². The number of aryl methyl sites for hydroxylation is 2. The number of hydrazine groups is 1. The van der Waals surface area contributed by atoms with Gasteiger partial charge in [0.2, 0.25) is 5.91 Å². The van der Waals surface area contributed by atoms with Crippen molar-refractivity contribution < 1.29 is 9.53 Å². The Morgan fingerprint density at radius 1 is 1.26 bits per heavy atom. The Morgan fingerprint density at radius 3 is 2.53 bits per heavy atom. The first-order valence-corrected chi connectivity index (χ1v) is 6.60. The summed E-state index contributed by atoms with van der Waals surface area (Å²) in [6, 6.07) is 2.18. The second kappa shape index (κ2) is 7.14. The molecule has 0 bridgehead atoms. The van der Waals surface area contributed by atoms with E-state index in [0.717, 1.165) is 18.6 Å². The smallest absolute Gasteiger partial charge is 0.234 e. The number of ether oxygens (including phenoxy) is 1. The number of rotatable bonds is 6. The van der Waals surface area contributed by atoms with Crippen LogP contribution in [0.1, 0.15) is 35.1 Å². The molecule has 106 valence electrons. The third-order valence-electron chi connectivity index (χ3n) is 3.41. The van der Waals surface area contributed by atoms with E-state index in [-0.39, 0.29) is 5.91 Å². The molecular weight excluding hydrogens is 240 g/mol. The Labute approximate surface area is 115 Å². The number of methoxy groups -OCH3 is 1. The lowest BCUT2D eigenvalue weighted by atomic mass is 9.95. The van der Waals surface area contributed by atoms with Gasteiger partial charge in [0.05, 0.1) is 7.11 Å². The fourth-order valence-corrected chi connectivity index (χ4v) is 2.32. The van der Waals surface area contributed by atoms with Crippen LogP contribution < -0.4 is 15.6 Å². The van der Waals surface area contributed by atoms with Crippen molar-refractivity contribution >= 4 is 5.91 Å². The highest BCUT2D eigenvalue weighted by atomic mass is 16.5. The number of amides is 1. The number of carbonyl (C=O) groups is 1. The molecule has 0 aliphatic rings. The summed E-state index contributed by atoms with van der Waals surface area (Å²) in [6.45, 7) is 6.26. The van der Waals surface area contributed by atoms with E-state index in [1.54, 1.807) is 14.2 Å². The third-order valence-corrected chi connectivity index (χ3v) is 3.41. The lowest BCUT2D eigenvalue weighted by Crippen LogP contribution is -2.33. The minimum atomic E-state index is 0.0166. The quantitative estimate of drug-likeness (QED) is 0.774. The summed E-state index contributed by atoms with van der Waals surface area (Å²) in [5, 5.41) is 0. The maximum atomic E-state index is 11.4. The first-order chi connectivity index (χ1) is 9.01. The van der Waals surface area contributed by atoms with Crippen LogP contribution in [-0.2, 0) is 11.2 Å². The van der Waals surface area contributed by atoms with Gasteiger partial charge in [-0.05, 0) is 55.9 Å². The molecule has 4 nitrogen and oxygen atoms in total.